The van der Waals surface area contributed by atoms with E-state index in [-0.39, 0.29) is 40.3 Å². The van der Waals surface area contributed by atoms with Crippen LogP contribution in [0.5, 0.6) is 0 Å². The molecule has 0 radical (unpaired) electrons. The molecule has 234 valence electrons. The van der Waals surface area contributed by atoms with Crippen LogP contribution < -0.4 is 5.32 Å². The predicted octanol–water partition coefficient (Wildman–Crippen LogP) is 6.08. The van der Waals surface area contributed by atoms with E-state index in [2.05, 4.69) is 25.7 Å². The minimum Gasteiger partial charge on any atom is -0.349 e. The van der Waals surface area contributed by atoms with E-state index in [1.807, 2.05) is 13.2 Å². The molecule has 4 aromatic rings. The molecule has 4 rings (SSSR count). The van der Waals surface area contributed by atoms with Gasteiger partial charge in [0.1, 0.15) is 5.69 Å². The lowest BCUT2D eigenvalue weighted by atomic mass is 9.95. The average Bonchev–Trinajstić information content (AvgIpc) is 3.57. The first-order valence-corrected chi connectivity index (χ1v) is 14.9. The fourth-order valence-electron chi connectivity index (χ4n) is 4.29. The Morgan fingerprint density at radius 2 is 1.86 bits per heavy atom. The summed E-state index contributed by atoms with van der Waals surface area (Å²) >= 11 is 14.1. The van der Waals surface area contributed by atoms with E-state index in [1.54, 1.807) is 30.8 Å². The second-order valence-electron chi connectivity index (χ2n) is 9.79. The molecule has 17 heteroatoms. The number of thioether (sulfide) groups is 1. The van der Waals surface area contributed by atoms with Gasteiger partial charge >= 0.3 is 12.1 Å². The Morgan fingerprint density at radius 1 is 1.14 bits per heavy atom. The number of nitrogens with zero attached hydrogens (tertiary/aromatic N) is 6. The van der Waals surface area contributed by atoms with Crippen LogP contribution >= 0.6 is 35.0 Å². The highest BCUT2D eigenvalue weighted by Crippen LogP contribution is 2.42. The van der Waals surface area contributed by atoms with Crippen molar-refractivity contribution in [1.82, 2.24) is 35.1 Å². The molecule has 3 heterocycles. The maximum absolute atomic E-state index is 13.8. The standard InChI is InChI=1S/C27H24Cl2F5N7O2S/c1-14-7-16(28)8-19(25(43)36-15(2)13-44-3)18(14)10-22(42)21-9-17(38-41(21)24-20(29)5-4-6-35-24)11-40-12-23(37-39-40)26(30,31)27(32,33)34/h4-9,12,15H,10-11,13H2,1-3H3,(H,36,43)/t15-/m0/s1. The van der Waals surface area contributed by atoms with E-state index in [1.165, 1.54) is 24.4 Å². The molecule has 0 aliphatic heterocycles. The predicted molar refractivity (Wildman–Crippen MR) is 155 cm³/mol. The summed E-state index contributed by atoms with van der Waals surface area (Å²) in [6.45, 7) is 3.13. The Bertz CT molecular complexity index is 1690. The molecule has 3 aromatic heterocycles. The Morgan fingerprint density at radius 3 is 2.52 bits per heavy atom. The van der Waals surface area contributed by atoms with Crippen LogP contribution in [0.4, 0.5) is 22.0 Å². The third-order valence-corrected chi connectivity index (χ3v) is 7.69. The number of carbonyl (C=O) groups excluding carboxylic acids is 2. The van der Waals surface area contributed by atoms with Gasteiger partial charge < -0.3 is 5.32 Å². The van der Waals surface area contributed by atoms with Gasteiger partial charge in [0.2, 0.25) is 0 Å². The monoisotopic (exact) mass is 675 g/mol. The topological polar surface area (TPSA) is 108 Å². The van der Waals surface area contributed by atoms with Gasteiger partial charge in [-0.3, -0.25) is 9.59 Å². The molecule has 0 fully saturated rings. The number of halogens is 7. The van der Waals surface area contributed by atoms with Crippen molar-refractivity contribution in [3.8, 4) is 5.82 Å². The number of carbonyl (C=O) groups is 2. The van der Waals surface area contributed by atoms with Gasteiger partial charge in [0.05, 0.1) is 23.5 Å². The smallest absolute Gasteiger partial charge is 0.349 e. The van der Waals surface area contributed by atoms with Gasteiger partial charge in [-0.1, -0.05) is 28.4 Å². The highest BCUT2D eigenvalue weighted by Gasteiger charge is 2.60. The number of nitrogens with one attached hydrogen (secondary N) is 1. The molecule has 0 aliphatic rings. The van der Waals surface area contributed by atoms with Gasteiger partial charge in [0.15, 0.2) is 17.3 Å². The molecule has 1 atom stereocenters. The number of aryl methyl sites for hydroxylation is 1. The highest BCUT2D eigenvalue weighted by molar-refractivity contribution is 7.98. The maximum atomic E-state index is 13.8. The number of alkyl halides is 5. The van der Waals surface area contributed by atoms with Crippen LogP contribution in [0.3, 0.4) is 0 Å². The second-order valence-corrected chi connectivity index (χ2v) is 11.5. The van der Waals surface area contributed by atoms with Crippen molar-refractivity contribution in [3.05, 3.63) is 86.5 Å². The third kappa shape index (κ3) is 7.21. The molecule has 0 unspecified atom stereocenters. The first-order valence-electron chi connectivity index (χ1n) is 12.8. The summed E-state index contributed by atoms with van der Waals surface area (Å²) in [5.74, 6) is -5.44. The quantitative estimate of drug-likeness (QED) is 0.152. The number of amides is 1. The molecular weight excluding hydrogens is 652 g/mol. The number of pyridine rings is 1. The molecule has 9 nitrogen and oxygen atoms in total. The van der Waals surface area contributed by atoms with Gasteiger partial charge in [0, 0.05) is 35.0 Å². The average molecular weight is 676 g/mol. The SMILES string of the molecule is CSC[C@H](C)NC(=O)c1cc(Cl)cc(C)c1CC(=O)c1cc(Cn2cc(C(F)(F)C(F)(F)F)nn2)nn1-c1ncccc1Cl. The number of ketones is 1. The highest BCUT2D eigenvalue weighted by atomic mass is 35.5. The number of hydrogen-bond acceptors (Lipinski definition) is 7. The van der Waals surface area contributed by atoms with Crippen LogP contribution in [-0.2, 0) is 18.9 Å². The number of rotatable bonds is 11. The molecule has 1 aromatic carbocycles. The zero-order valence-electron chi connectivity index (χ0n) is 23.3. The number of Topliss-reactive ketones (excluding diaryl/α,β-unsaturated/α-hetero) is 1. The zero-order chi connectivity index (χ0) is 32.4. The summed E-state index contributed by atoms with van der Waals surface area (Å²) < 4.78 is 67.8. The molecule has 1 N–H and O–H groups in total. The molecule has 0 saturated heterocycles. The Balaban J connectivity index is 1.71. The molecular formula is C27H24Cl2F5N7O2S. The van der Waals surface area contributed by atoms with Crippen molar-refractivity contribution in [1.29, 1.82) is 0 Å². The van der Waals surface area contributed by atoms with Crippen molar-refractivity contribution in [2.75, 3.05) is 12.0 Å². The van der Waals surface area contributed by atoms with Crippen molar-refractivity contribution >= 4 is 46.7 Å². The van der Waals surface area contributed by atoms with E-state index in [9.17, 15) is 31.5 Å². The van der Waals surface area contributed by atoms with E-state index in [4.69, 9.17) is 23.2 Å². The van der Waals surface area contributed by atoms with Crippen LogP contribution in [0.25, 0.3) is 5.82 Å². The molecule has 1 amide bonds. The summed E-state index contributed by atoms with van der Waals surface area (Å²) in [7, 11) is 0. The van der Waals surface area contributed by atoms with Crippen LogP contribution in [0, 0.1) is 6.92 Å². The fourth-order valence-corrected chi connectivity index (χ4v) is 5.34. The fraction of sp³-hybridized carbons (Fsp3) is 0.333. The molecule has 0 saturated carbocycles. The second kappa shape index (κ2) is 13.2. The summed E-state index contributed by atoms with van der Waals surface area (Å²) in [6, 6.07) is 7.28. The summed E-state index contributed by atoms with van der Waals surface area (Å²) in [5.41, 5.74) is -0.387. The minimum absolute atomic E-state index is 0.0435. The molecule has 0 aliphatic carbocycles. The maximum Gasteiger partial charge on any atom is 0.459 e. The third-order valence-electron chi connectivity index (χ3n) is 6.34. The Kier molecular flexibility index (Phi) is 10.0. The van der Waals surface area contributed by atoms with Crippen molar-refractivity contribution < 1.29 is 31.5 Å². The van der Waals surface area contributed by atoms with Crippen molar-refractivity contribution in [3.63, 3.8) is 0 Å². The number of aromatic nitrogens is 6. The first kappa shape index (κ1) is 33.3. The van der Waals surface area contributed by atoms with Crippen LogP contribution in [-0.4, -0.2) is 65.7 Å². The molecule has 0 bridgehead atoms. The van der Waals surface area contributed by atoms with Crippen LogP contribution in [0.1, 0.15) is 50.3 Å². The van der Waals surface area contributed by atoms with Gasteiger partial charge in [-0.2, -0.15) is 38.8 Å². The van der Waals surface area contributed by atoms with Crippen molar-refractivity contribution in [2.45, 2.75) is 45.0 Å². The summed E-state index contributed by atoms with van der Waals surface area (Å²) in [6.07, 6.45) is -2.39. The van der Waals surface area contributed by atoms with Gasteiger partial charge in [-0.05, 0) is 61.6 Å². The zero-order valence-corrected chi connectivity index (χ0v) is 25.6. The lowest BCUT2D eigenvalue weighted by molar-refractivity contribution is -0.291. The van der Waals surface area contributed by atoms with E-state index >= 15 is 0 Å². The number of hydrogen-bond donors (Lipinski definition) is 1. The molecule has 44 heavy (non-hydrogen) atoms. The van der Waals surface area contributed by atoms with Crippen LogP contribution in [0.2, 0.25) is 10.0 Å². The largest absolute Gasteiger partial charge is 0.459 e. The Labute approximate surface area is 262 Å². The lowest BCUT2D eigenvalue weighted by Crippen LogP contribution is -2.35. The van der Waals surface area contributed by atoms with Gasteiger partial charge in [0.25, 0.3) is 5.91 Å². The summed E-state index contributed by atoms with van der Waals surface area (Å²) in [5, 5.41) is 14.0. The minimum atomic E-state index is -5.87. The first-order chi connectivity index (χ1) is 20.6. The van der Waals surface area contributed by atoms with Crippen LogP contribution in [0.15, 0.2) is 42.7 Å². The molecule has 0 spiro atoms. The van der Waals surface area contributed by atoms with E-state index < -0.39 is 36.0 Å². The van der Waals surface area contributed by atoms with Crippen molar-refractivity contribution in [2.24, 2.45) is 0 Å². The Hall–Kier alpha value is -3.56. The lowest BCUT2D eigenvalue weighted by Gasteiger charge is -2.17. The van der Waals surface area contributed by atoms with E-state index in [0.717, 1.165) is 9.36 Å². The summed E-state index contributed by atoms with van der Waals surface area (Å²) in [4.78, 5) is 31.2. The van der Waals surface area contributed by atoms with Gasteiger partial charge in [-0.25, -0.2) is 14.3 Å². The van der Waals surface area contributed by atoms with E-state index in [0.29, 0.717) is 28.1 Å². The van der Waals surface area contributed by atoms with Gasteiger partial charge in [-0.15, -0.1) is 5.10 Å². The normalized spacial score (nSPS) is 12.8. The number of benzene rings is 1.